The van der Waals surface area contributed by atoms with Gasteiger partial charge in [-0.05, 0) is 60.5 Å². The highest BCUT2D eigenvalue weighted by Gasteiger charge is 2.13. The van der Waals surface area contributed by atoms with Gasteiger partial charge in [0.15, 0.2) is 11.5 Å². The SMILES string of the molecule is CCOc1cc(CNc2ccc(F)c(Cl)c2)cc(Cl)c1OCc1cccc(F)c1. The third-order valence-corrected chi connectivity index (χ3v) is 4.63. The van der Waals surface area contributed by atoms with E-state index in [9.17, 15) is 8.78 Å². The number of hydrogen-bond donors (Lipinski definition) is 1. The first-order valence-electron chi connectivity index (χ1n) is 8.97. The maximum atomic E-state index is 13.4. The van der Waals surface area contributed by atoms with Crippen molar-refractivity contribution in [2.75, 3.05) is 11.9 Å². The Morgan fingerprint density at radius 2 is 1.72 bits per heavy atom. The third kappa shape index (κ3) is 5.75. The molecular formula is C22H19Cl2F2NO2. The van der Waals surface area contributed by atoms with Crippen LogP contribution < -0.4 is 14.8 Å². The van der Waals surface area contributed by atoms with Gasteiger partial charge in [0.25, 0.3) is 0 Å². The van der Waals surface area contributed by atoms with Crippen LogP contribution in [0.1, 0.15) is 18.1 Å². The van der Waals surface area contributed by atoms with Crippen LogP contribution in [0.2, 0.25) is 10.0 Å². The van der Waals surface area contributed by atoms with E-state index in [2.05, 4.69) is 5.32 Å². The highest BCUT2D eigenvalue weighted by molar-refractivity contribution is 6.32. The van der Waals surface area contributed by atoms with Gasteiger partial charge in [-0.15, -0.1) is 0 Å². The van der Waals surface area contributed by atoms with E-state index in [1.807, 2.05) is 13.0 Å². The Hall–Kier alpha value is -2.50. The Balaban J connectivity index is 1.75. The van der Waals surface area contributed by atoms with Gasteiger partial charge in [0, 0.05) is 12.2 Å². The van der Waals surface area contributed by atoms with E-state index in [0.717, 1.165) is 5.56 Å². The predicted octanol–water partition coefficient (Wildman–Crippen LogP) is 6.86. The second kappa shape index (κ2) is 9.81. The number of ether oxygens (including phenoxy) is 2. The number of rotatable bonds is 8. The number of hydrogen-bond acceptors (Lipinski definition) is 3. The molecule has 3 aromatic carbocycles. The number of benzene rings is 3. The van der Waals surface area contributed by atoms with Crippen molar-refractivity contribution in [1.82, 2.24) is 0 Å². The molecule has 152 valence electrons. The molecule has 1 N–H and O–H groups in total. The quantitative estimate of drug-likeness (QED) is 0.417. The van der Waals surface area contributed by atoms with Gasteiger partial charge in [-0.2, -0.15) is 0 Å². The van der Waals surface area contributed by atoms with Crippen LogP contribution in [0.4, 0.5) is 14.5 Å². The molecule has 3 rings (SSSR count). The molecule has 0 spiro atoms. The van der Waals surface area contributed by atoms with E-state index < -0.39 is 5.82 Å². The van der Waals surface area contributed by atoms with E-state index in [0.29, 0.717) is 40.9 Å². The zero-order chi connectivity index (χ0) is 20.8. The minimum atomic E-state index is -0.473. The molecule has 7 heteroatoms. The molecule has 29 heavy (non-hydrogen) atoms. The van der Waals surface area contributed by atoms with Crippen LogP contribution in [0.5, 0.6) is 11.5 Å². The van der Waals surface area contributed by atoms with Crippen molar-refractivity contribution in [2.45, 2.75) is 20.1 Å². The molecule has 0 atom stereocenters. The van der Waals surface area contributed by atoms with Crippen LogP contribution in [0, 0.1) is 11.6 Å². The first kappa shape index (κ1) is 21.2. The normalized spacial score (nSPS) is 10.7. The van der Waals surface area contributed by atoms with E-state index in [1.54, 1.807) is 24.3 Å². The smallest absolute Gasteiger partial charge is 0.180 e. The topological polar surface area (TPSA) is 30.5 Å². The molecule has 0 fully saturated rings. The molecule has 0 saturated heterocycles. The van der Waals surface area contributed by atoms with Crippen LogP contribution in [0.25, 0.3) is 0 Å². The van der Waals surface area contributed by atoms with Crippen molar-refractivity contribution in [3.63, 3.8) is 0 Å². The van der Waals surface area contributed by atoms with Crippen LogP contribution in [-0.4, -0.2) is 6.61 Å². The van der Waals surface area contributed by atoms with Crippen molar-refractivity contribution >= 4 is 28.9 Å². The van der Waals surface area contributed by atoms with Crippen LogP contribution in [-0.2, 0) is 13.2 Å². The molecule has 0 amide bonds. The molecule has 0 aliphatic heterocycles. The van der Waals surface area contributed by atoms with Gasteiger partial charge in [-0.1, -0.05) is 35.3 Å². The fourth-order valence-electron chi connectivity index (χ4n) is 2.72. The summed E-state index contributed by atoms with van der Waals surface area (Å²) in [5.41, 5.74) is 2.20. The fraction of sp³-hybridized carbons (Fsp3) is 0.182. The third-order valence-electron chi connectivity index (χ3n) is 4.06. The summed E-state index contributed by atoms with van der Waals surface area (Å²) in [4.78, 5) is 0. The molecule has 0 saturated carbocycles. The van der Waals surface area contributed by atoms with Gasteiger partial charge < -0.3 is 14.8 Å². The van der Waals surface area contributed by atoms with E-state index >= 15 is 0 Å². The standard InChI is InChI=1S/C22H19Cl2F2NO2/c1-2-28-21-10-15(12-27-17-6-7-20(26)18(23)11-17)9-19(24)22(21)29-13-14-4-3-5-16(25)8-14/h3-11,27H,2,12-13H2,1H3. The van der Waals surface area contributed by atoms with Gasteiger partial charge in [0.1, 0.15) is 18.2 Å². The fourth-order valence-corrected chi connectivity index (χ4v) is 3.19. The van der Waals surface area contributed by atoms with Crippen molar-refractivity contribution in [1.29, 1.82) is 0 Å². The highest BCUT2D eigenvalue weighted by atomic mass is 35.5. The summed E-state index contributed by atoms with van der Waals surface area (Å²) in [6.07, 6.45) is 0. The summed E-state index contributed by atoms with van der Waals surface area (Å²) in [5.74, 6) is 0.0833. The monoisotopic (exact) mass is 437 g/mol. The molecule has 0 unspecified atom stereocenters. The Morgan fingerprint density at radius 1 is 0.897 bits per heavy atom. The predicted molar refractivity (Wildman–Crippen MR) is 112 cm³/mol. The first-order valence-corrected chi connectivity index (χ1v) is 9.73. The Morgan fingerprint density at radius 3 is 2.45 bits per heavy atom. The molecule has 3 aromatic rings. The lowest BCUT2D eigenvalue weighted by Crippen LogP contribution is -2.04. The lowest BCUT2D eigenvalue weighted by Gasteiger charge is -2.16. The van der Waals surface area contributed by atoms with Gasteiger partial charge >= 0.3 is 0 Å². The van der Waals surface area contributed by atoms with Crippen molar-refractivity contribution < 1.29 is 18.3 Å². The highest BCUT2D eigenvalue weighted by Crippen LogP contribution is 2.37. The largest absolute Gasteiger partial charge is 0.490 e. The Labute approximate surface area is 178 Å². The lowest BCUT2D eigenvalue weighted by atomic mass is 10.2. The van der Waals surface area contributed by atoms with Gasteiger partial charge in [-0.25, -0.2) is 8.78 Å². The number of nitrogens with one attached hydrogen (secondary N) is 1. The van der Waals surface area contributed by atoms with Crippen molar-refractivity contribution in [2.24, 2.45) is 0 Å². The van der Waals surface area contributed by atoms with E-state index in [4.69, 9.17) is 32.7 Å². The second-order valence-electron chi connectivity index (χ2n) is 6.24. The molecule has 0 aromatic heterocycles. The van der Waals surface area contributed by atoms with Crippen LogP contribution >= 0.6 is 23.2 Å². The molecule has 3 nitrogen and oxygen atoms in total. The zero-order valence-electron chi connectivity index (χ0n) is 15.6. The summed E-state index contributed by atoms with van der Waals surface area (Å²) in [5, 5.41) is 3.58. The Bertz CT molecular complexity index is 999. The number of anilines is 1. The minimum Gasteiger partial charge on any atom is -0.490 e. The number of halogens is 4. The average molecular weight is 438 g/mol. The molecular weight excluding hydrogens is 419 g/mol. The summed E-state index contributed by atoms with van der Waals surface area (Å²) in [6, 6.07) is 14.1. The van der Waals surface area contributed by atoms with E-state index in [-0.39, 0.29) is 17.4 Å². The summed E-state index contributed by atoms with van der Waals surface area (Å²) in [7, 11) is 0. The van der Waals surface area contributed by atoms with Crippen LogP contribution in [0.15, 0.2) is 54.6 Å². The molecule has 0 aliphatic carbocycles. The second-order valence-corrected chi connectivity index (χ2v) is 7.05. The summed E-state index contributed by atoms with van der Waals surface area (Å²) >= 11 is 12.2. The first-order chi connectivity index (χ1) is 14.0. The van der Waals surface area contributed by atoms with Crippen molar-refractivity contribution in [3.05, 3.63) is 87.4 Å². The maximum absolute atomic E-state index is 13.4. The van der Waals surface area contributed by atoms with Gasteiger partial charge in [0.05, 0.1) is 16.7 Å². The lowest BCUT2D eigenvalue weighted by molar-refractivity contribution is 0.269. The zero-order valence-corrected chi connectivity index (χ0v) is 17.2. The van der Waals surface area contributed by atoms with Crippen LogP contribution in [0.3, 0.4) is 0 Å². The van der Waals surface area contributed by atoms with Gasteiger partial charge in [-0.3, -0.25) is 0 Å². The summed E-state index contributed by atoms with van der Waals surface area (Å²) in [6.45, 7) is 2.86. The Kier molecular flexibility index (Phi) is 7.18. The molecule has 0 radical (unpaired) electrons. The summed E-state index contributed by atoms with van der Waals surface area (Å²) < 4.78 is 38.1. The minimum absolute atomic E-state index is 0.0455. The average Bonchev–Trinajstić information content (AvgIpc) is 2.68. The maximum Gasteiger partial charge on any atom is 0.180 e. The molecule has 0 bridgehead atoms. The van der Waals surface area contributed by atoms with E-state index in [1.165, 1.54) is 24.3 Å². The van der Waals surface area contributed by atoms with Crippen molar-refractivity contribution in [3.8, 4) is 11.5 Å². The van der Waals surface area contributed by atoms with Gasteiger partial charge in [0.2, 0.25) is 0 Å². The molecule has 0 heterocycles. The molecule has 0 aliphatic rings.